The highest BCUT2D eigenvalue weighted by Crippen LogP contribution is 2.45. The van der Waals surface area contributed by atoms with Crippen LogP contribution in [0.2, 0.25) is 0 Å². The molecule has 1 saturated heterocycles. The lowest BCUT2D eigenvalue weighted by Crippen LogP contribution is -2.51. The number of rotatable bonds is 6. The molecule has 1 aliphatic heterocycles. The van der Waals surface area contributed by atoms with E-state index in [1.165, 1.54) is 16.7 Å². The van der Waals surface area contributed by atoms with Crippen LogP contribution in [0.3, 0.4) is 0 Å². The number of urea groups is 1. The zero-order chi connectivity index (χ0) is 15.4. The Morgan fingerprint density at radius 1 is 1.38 bits per heavy atom. The van der Waals surface area contributed by atoms with Crippen molar-refractivity contribution in [2.24, 2.45) is 5.92 Å². The number of nitrogens with one attached hydrogen (secondary N) is 1. The number of ether oxygens (including phenoxy) is 1. The second-order valence-corrected chi connectivity index (χ2v) is 6.26. The fourth-order valence-corrected chi connectivity index (χ4v) is 3.95. The van der Waals surface area contributed by atoms with Crippen molar-refractivity contribution in [2.75, 3.05) is 18.9 Å². The number of carboxylic acid groups (broad SMARTS) is 1. The van der Waals surface area contributed by atoms with Gasteiger partial charge in [0.25, 0.3) is 0 Å². The number of esters is 1. The highest BCUT2D eigenvalue weighted by atomic mass is 32.2. The summed E-state index contributed by atoms with van der Waals surface area (Å²) in [6.07, 6.45) is 2.17. The van der Waals surface area contributed by atoms with E-state index in [1.807, 2.05) is 0 Å². The van der Waals surface area contributed by atoms with E-state index in [2.05, 4.69) is 5.32 Å². The molecule has 7 nitrogen and oxygen atoms in total. The van der Waals surface area contributed by atoms with Crippen LogP contribution in [0.15, 0.2) is 0 Å². The van der Waals surface area contributed by atoms with Crippen LogP contribution >= 0.6 is 11.8 Å². The van der Waals surface area contributed by atoms with Gasteiger partial charge in [-0.3, -0.25) is 9.69 Å². The van der Waals surface area contributed by atoms with Crippen LogP contribution in [-0.4, -0.2) is 58.3 Å². The Kier molecular flexibility index (Phi) is 5.33. The number of carbonyl (C=O) groups excluding carboxylic acids is 2. The number of carboxylic acids is 1. The fourth-order valence-electron chi connectivity index (χ4n) is 2.32. The molecule has 0 radical (unpaired) electrons. The summed E-state index contributed by atoms with van der Waals surface area (Å²) in [5, 5.41) is 11.8. The van der Waals surface area contributed by atoms with Gasteiger partial charge in [-0.05, 0) is 25.7 Å². The van der Waals surface area contributed by atoms with Gasteiger partial charge in [0.15, 0.2) is 0 Å². The number of carbonyl (C=O) groups is 3. The minimum absolute atomic E-state index is 0.0614. The normalized spacial score (nSPS) is 24.7. The molecule has 2 atom stereocenters. The Bertz CT molecular complexity index is 427. The summed E-state index contributed by atoms with van der Waals surface area (Å²) in [5.74, 6) is -0.537. The highest BCUT2D eigenvalue weighted by molar-refractivity contribution is 8.00. The third-order valence-electron chi connectivity index (χ3n) is 3.49. The van der Waals surface area contributed by atoms with Gasteiger partial charge in [-0.2, -0.15) is 0 Å². The van der Waals surface area contributed by atoms with E-state index < -0.39 is 18.0 Å². The molecule has 2 aliphatic rings. The van der Waals surface area contributed by atoms with E-state index in [0.29, 0.717) is 18.3 Å². The van der Waals surface area contributed by atoms with Crippen LogP contribution in [-0.2, 0) is 14.3 Å². The van der Waals surface area contributed by atoms with E-state index >= 15 is 0 Å². The second-order valence-electron chi connectivity index (χ2n) is 5.11. The maximum absolute atomic E-state index is 12.2. The summed E-state index contributed by atoms with van der Waals surface area (Å²) < 4.78 is 4.78. The molecule has 0 aromatic rings. The summed E-state index contributed by atoms with van der Waals surface area (Å²) in [7, 11) is 0. The number of thioether (sulfide) groups is 1. The maximum Gasteiger partial charge on any atom is 0.327 e. The van der Waals surface area contributed by atoms with Crippen LogP contribution in [0.25, 0.3) is 0 Å². The van der Waals surface area contributed by atoms with Gasteiger partial charge in [0.2, 0.25) is 0 Å². The minimum atomic E-state index is -0.980. The van der Waals surface area contributed by atoms with E-state index in [9.17, 15) is 19.5 Å². The van der Waals surface area contributed by atoms with Gasteiger partial charge < -0.3 is 15.2 Å². The Labute approximate surface area is 127 Å². The molecule has 2 rings (SSSR count). The maximum atomic E-state index is 12.2. The fraction of sp³-hybridized carbons (Fsp3) is 0.769. The number of amides is 2. The molecule has 2 amide bonds. The molecule has 0 spiro atoms. The highest BCUT2D eigenvalue weighted by Gasteiger charge is 2.48. The predicted octanol–water partition coefficient (Wildman–Crippen LogP) is 0.887. The topological polar surface area (TPSA) is 95.9 Å². The van der Waals surface area contributed by atoms with Crippen molar-refractivity contribution >= 4 is 29.7 Å². The number of hydrogen-bond donors (Lipinski definition) is 2. The van der Waals surface area contributed by atoms with E-state index in [1.54, 1.807) is 6.92 Å². The lowest BCUT2D eigenvalue weighted by atomic mass is 10.2. The number of nitrogens with zero attached hydrogens (tertiary/aromatic N) is 1. The van der Waals surface area contributed by atoms with Gasteiger partial charge in [-0.25, -0.2) is 9.59 Å². The molecule has 2 N–H and O–H groups in total. The summed E-state index contributed by atoms with van der Waals surface area (Å²) in [4.78, 5) is 36.1. The first kappa shape index (κ1) is 15.9. The van der Waals surface area contributed by atoms with Crippen LogP contribution in [0, 0.1) is 5.92 Å². The smallest absolute Gasteiger partial charge is 0.327 e. The molecular formula is C13H20N2O5S. The molecule has 21 heavy (non-hydrogen) atoms. The summed E-state index contributed by atoms with van der Waals surface area (Å²) in [6, 6.07) is -1.20. The Hall–Kier alpha value is -1.44. The zero-order valence-electron chi connectivity index (χ0n) is 11.9. The molecule has 0 aromatic carbocycles. The average molecular weight is 316 g/mol. The SMILES string of the molecule is CCOC(=O)CCNC(=O)N1C(C(=O)O)CSC1C1CC1. The van der Waals surface area contributed by atoms with E-state index in [4.69, 9.17) is 4.74 Å². The third kappa shape index (κ3) is 4.03. The number of hydrogen-bond acceptors (Lipinski definition) is 5. The van der Waals surface area contributed by atoms with Crippen molar-refractivity contribution < 1.29 is 24.2 Å². The molecular weight excluding hydrogens is 296 g/mol. The largest absolute Gasteiger partial charge is 0.480 e. The number of aliphatic carboxylic acids is 1. The second kappa shape index (κ2) is 7.02. The van der Waals surface area contributed by atoms with Crippen molar-refractivity contribution in [1.82, 2.24) is 10.2 Å². The molecule has 8 heteroatoms. The first-order chi connectivity index (χ1) is 10.0. The summed E-state index contributed by atoms with van der Waals surface area (Å²) in [5.41, 5.74) is 0. The lowest BCUT2D eigenvalue weighted by molar-refractivity contribution is -0.143. The molecule has 2 unspecified atom stereocenters. The molecule has 2 fully saturated rings. The first-order valence-corrected chi connectivity index (χ1v) is 8.15. The van der Waals surface area contributed by atoms with Crippen molar-refractivity contribution in [1.29, 1.82) is 0 Å². The van der Waals surface area contributed by atoms with Gasteiger partial charge in [0.1, 0.15) is 6.04 Å². The molecule has 1 aliphatic carbocycles. The van der Waals surface area contributed by atoms with Crippen molar-refractivity contribution in [3.05, 3.63) is 0 Å². The van der Waals surface area contributed by atoms with Crippen LogP contribution in [0.5, 0.6) is 0 Å². The Morgan fingerprint density at radius 3 is 2.67 bits per heavy atom. The Balaban J connectivity index is 1.88. The molecule has 1 heterocycles. The molecule has 0 aromatic heterocycles. The quantitative estimate of drug-likeness (QED) is 0.707. The van der Waals surface area contributed by atoms with Crippen LogP contribution < -0.4 is 5.32 Å². The molecule has 118 valence electrons. The molecule has 0 bridgehead atoms. The Morgan fingerprint density at radius 2 is 2.10 bits per heavy atom. The van der Waals surface area contributed by atoms with Gasteiger partial charge in [-0.15, -0.1) is 11.8 Å². The molecule has 1 saturated carbocycles. The monoisotopic (exact) mass is 316 g/mol. The summed E-state index contributed by atoms with van der Waals surface area (Å²) in [6.45, 7) is 2.18. The average Bonchev–Trinajstić information content (AvgIpc) is 3.17. The third-order valence-corrected chi connectivity index (χ3v) is 4.95. The van der Waals surface area contributed by atoms with Gasteiger partial charge >= 0.3 is 18.0 Å². The zero-order valence-corrected chi connectivity index (χ0v) is 12.7. The first-order valence-electron chi connectivity index (χ1n) is 7.10. The van der Waals surface area contributed by atoms with Crippen molar-refractivity contribution in [3.8, 4) is 0 Å². The van der Waals surface area contributed by atoms with Gasteiger partial charge in [0, 0.05) is 12.3 Å². The summed E-state index contributed by atoms with van der Waals surface area (Å²) >= 11 is 1.53. The predicted molar refractivity (Wildman–Crippen MR) is 76.9 cm³/mol. The van der Waals surface area contributed by atoms with Gasteiger partial charge in [-0.1, -0.05) is 0 Å². The van der Waals surface area contributed by atoms with E-state index in [0.717, 1.165) is 12.8 Å². The van der Waals surface area contributed by atoms with Crippen molar-refractivity contribution in [3.63, 3.8) is 0 Å². The van der Waals surface area contributed by atoms with Crippen LogP contribution in [0.1, 0.15) is 26.2 Å². The minimum Gasteiger partial charge on any atom is -0.480 e. The lowest BCUT2D eigenvalue weighted by Gasteiger charge is -2.27. The standard InChI is InChI=1S/C13H20N2O5S/c1-2-20-10(16)5-6-14-13(19)15-9(12(17)18)7-21-11(15)8-3-4-8/h8-9,11H,2-7H2,1H3,(H,14,19)(H,17,18). The van der Waals surface area contributed by atoms with Crippen LogP contribution in [0.4, 0.5) is 4.79 Å². The van der Waals surface area contributed by atoms with Crippen molar-refractivity contribution in [2.45, 2.75) is 37.6 Å². The van der Waals surface area contributed by atoms with Gasteiger partial charge in [0.05, 0.1) is 18.4 Å². The van der Waals surface area contributed by atoms with E-state index in [-0.39, 0.29) is 24.3 Å².